The van der Waals surface area contributed by atoms with Gasteiger partial charge in [-0.15, -0.1) is 11.8 Å². The Morgan fingerprint density at radius 1 is 0.739 bits per heavy atom. The van der Waals surface area contributed by atoms with Crippen molar-refractivity contribution in [1.29, 1.82) is 0 Å². The van der Waals surface area contributed by atoms with E-state index in [1.54, 1.807) is 0 Å². The molecule has 0 amide bonds. The Labute approximate surface area is 135 Å². The second-order valence-electron chi connectivity index (χ2n) is 5.53. The maximum atomic E-state index is 9.94. The maximum absolute atomic E-state index is 9.94. The van der Waals surface area contributed by atoms with Gasteiger partial charge in [0.15, 0.2) is 6.29 Å². The molecule has 2 aliphatic heterocycles. The molecule has 0 aromatic rings. The van der Waals surface area contributed by atoms with Crippen molar-refractivity contribution in [1.82, 2.24) is 0 Å². The van der Waals surface area contributed by atoms with Crippen molar-refractivity contribution >= 4 is 11.8 Å². The Hall–Kier alpha value is -0.0500. The average molecular weight is 358 g/mol. The van der Waals surface area contributed by atoms with Crippen LogP contribution in [0.4, 0.5) is 0 Å². The lowest BCUT2D eigenvalue weighted by molar-refractivity contribution is -0.311. The van der Waals surface area contributed by atoms with E-state index in [0.29, 0.717) is 0 Å². The molecule has 136 valence electrons. The first kappa shape index (κ1) is 19.3. The van der Waals surface area contributed by atoms with Crippen molar-refractivity contribution in [2.24, 2.45) is 0 Å². The highest BCUT2D eigenvalue weighted by Crippen LogP contribution is 2.35. The van der Waals surface area contributed by atoms with E-state index < -0.39 is 72.9 Å². The minimum atomic E-state index is -1.66. The van der Waals surface area contributed by atoms with Gasteiger partial charge < -0.3 is 50.3 Å². The third-order valence-electron chi connectivity index (χ3n) is 3.97. The SMILES string of the molecule is OCC1S[C@H](O[C@H]2OC(CO)[C@@H](O)[C@@H](O)C2O)C(O)[C@@H](O)[C@@H]1O. The van der Waals surface area contributed by atoms with E-state index in [-0.39, 0.29) is 0 Å². The van der Waals surface area contributed by atoms with Crippen molar-refractivity contribution in [2.75, 3.05) is 13.2 Å². The lowest BCUT2D eigenvalue weighted by atomic mass is 9.99. The molecule has 2 heterocycles. The molecule has 2 aliphatic rings. The predicted molar refractivity (Wildman–Crippen MR) is 75.1 cm³/mol. The van der Waals surface area contributed by atoms with Crippen molar-refractivity contribution in [3.8, 4) is 0 Å². The van der Waals surface area contributed by atoms with E-state index in [1.807, 2.05) is 0 Å². The number of hydrogen-bond donors (Lipinski definition) is 8. The normalized spacial score (nSPS) is 51.7. The van der Waals surface area contributed by atoms with Crippen molar-refractivity contribution in [2.45, 2.75) is 59.7 Å². The number of aliphatic hydroxyl groups is 8. The summed E-state index contributed by atoms with van der Waals surface area (Å²) in [7, 11) is 0. The first-order chi connectivity index (χ1) is 10.8. The van der Waals surface area contributed by atoms with E-state index in [4.69, 9.17) is 14.6 Å². The molecule has 0 radical (unpaired) electrons. The second kappa shape index (κ2) is 7.89. The van der Waals surface area contributed by atoms with E-state index in [9.17, 15) is 35.7 Å². The molecule has 23 heavy (non-hydrogen) atoms. The van der Waals surface area contributed by atoms with Gasteiger partial charge in [0.05, 0.1) is 24.6 Å². The molecule has 0 aromatic heterocycles. The van der Waals surface area contributed by atoms with Crippen molar-refractivity contribution in [3.63, 3.8) is 0 Å². The minimum absolute atomic E-state index is 0.482. The van der Waals surface area contributed by atoms with Crippen LogP contribution < -0.4 is 0 Å². The molecule has 4 unspecified atom stereocenters. The van der Waals surface area contributed by atoms with Gasteiger partial charge in [-0.05, 0) is 0 Å². The van der Waals surface area contributed by atoms with Crippen LogP contribution in [-0.2, 0) is 9.47 Å². The van der Waals surface area contributed by atoms with Crippen LogP contribution in [0.3, 0.4) is 0 Å². The lowest BCUT2D eigenvalue weighted by Crippen LogP contribution is -2.61. The fraction of sp³-hybridized carbons (Fsp3) is 1.00. The Bertz CT molecular complexity index is 349. The molecule has 8 N–H and O–H groups in total. The summed E-state index contributed by atoms with van der Waals surface area (Å²) < 4.78 is 10.5. The number of ether oxygens (including phenoxy) is 2. The van der Waals surface area contributed by atoms with Gasteiger partial charge in [0.2, 0.25) is 0 Å². The van der Waals surface area contributed by atoms with Gasteiger partial charge in [0.1, 0.15) is 42.1 Å². The van der Waals surface area contributed by atoms with Crippen LogP contribution in [0.25, 0.3) is 0 Å². The molecule has 10 nitrogen and oxygen atoms in total. The fourth-order valence-corrected chi connectivity index (χ4v) is 3.74. The highest BCUT2D eigenvalue weighted by Gasteiger charge is 2.49. The first-order valence-corrected chi connectivity index (χ1v) is 8.02. The predicted octanol–water partition coefficient (Wildman–Crippen LogP) is -4.68. The summed E-state index contributed by atoms with van der Waals surface area (Å²) in [6.07, 6.45) is -12.0. The van der Waals surface area contributed by atoms with Crippen LogP contribution in [0.5, 0.6) is 0 Å². The average Bonchev–Trinajstić information content (AvgIpc) is 2.55. The van der Waals surface area contributed by atoms with Gasteiger partial charge >= 0.3 is 0 Å². The zero-order chi connectivity index (χ0) is 17.3. The van der Waals surface area contributed by atoms with E-state index in [1.165, 1.54) is 0 Å². The van der Waals surface area contributed by atoms with E-state index >= 15 is 0 Å². The first-order valence-electron chi connectivity index (χ1n) is 7.08. The quantitative estimate of drug-likeness (QED) is 0.242. The molecule has 11 heteroatoms. The summed E-state index contributed by atoms with van der Waals surface area (Å²) in [6.45, 7) is -1.12. The number of aliphatic hydroxyl groups excluding tert-OH is 8. The van der Waals surface area contributed by atoms with Gasteiger partial charge in [-0.3, -0.25) is 0 Å². The van der Waals surface area contributed by atoms with Crippen molar-refractivity contribution in [3.05, 3.63) is 0 Å². The van der Waals surface area contributed by atoms with Crippen LogP contribution in [0, 0.1) is 0 Å². The highest BCUT2D eigenvalue weighted by atomic mass is 32.2. The lowest BCUT2D eigenvalue weighted by Gasteiger charge is -2.44. The topological polar surface area (TPSA) is 180 Å². The molecule has 2 saturated heterocycles. The van der Waals surface area contributed by atoms with E-state index in [2.05, 4.69) is 0 Å². The van der Waals surface area contributed by atoms with Gasteiger partial charge in [0, 0.05) is 0 Å². The Morgan fingerprint density at radius 3 is 1.91 bits per heavy atom. The van der Waals surface area contributed by atoms with Crippen LogP contribution in [0.1, 0.15) is 0 Å². The molecular formula is C12H22O10S. The summed E-state index contributed by atoms with van der Waals surface area (Å²) in [5, 5.41) is 76.1. The second-order valence-corrected chi connectivity index (χ2v) is 6.87. The molecule has 2 rings (SSSR count). The number of thioether (sulfide) groups is 1. The van der Waals surface area contributed by atoms with Crippen LogP contribution in [-0.4, -0.2) is 114 Å². The van der Waals surface area contributed by atoms with Gasteiger partial charge in [-0.25, -0.2) is 0 Å². The number of hydrogen-bond acceptors (Lipinski definition) is 11. The van der Waals surface area contributed by atoms with Gasteiger partial charge in [0.25, 0.3) is 0 Å². The summed E-state index contributed by atoms with van der Waals surface area (Å²) in [4.78, 5) is 0. The minimum Gasteiger partial charge on any atom is -0.395 e. The van der Waals surface area contributed by atoms with Gasteiger partial charge in [-0.2, -0.15) is 0 Å². The Morgan fingerprint density at radius 2 is 1.35 bits per heavy atom. The Kier molecular flexibility index (Phi) is 6.61. The van der Waals surface area contributed by atoms with Crippen LogP contribution in [0.15, 0.2) is 0 Å². The zero-order valence-electron chi connectivity index (χ0n) is 12.0. The number of rotatable bonds is 4. The van der Waals surface area contributed by atoms with Crippen molar-refractivity contribution < 1.29 is 50.3 Å². The van der Waals surface area contributed by atoms with E-state index in [0.717, 1.165) is 11.8 Å². The monoisotopic (exact) mass is 358 g/mol. The molecule has 0 aliphatic carbocycles. The maximum Gasteiger partial charge on any atom is 0.188 e. The molecule has 0 saturated carbocycles. The summed E-state index contributed by atoms with van der Waals surface area (Å²) >= 11 is 0.828. The Balaban J connectivity index is 2.07. The molecule has 0 spiro atoms. The molecule has 0 bridgehead atoms. The largest absolute Gasteiger partial charge is 0.395 e. The van der Waals surface area contributed by atoms with Gasteiger partial charge in [-0.1, -0.05) is 0 Å². The highest BCUT2D eigenvalue weighted by molar-refractivity contribution is 8.00. The van der Waals surface area contributed by atoms with Crippen LogP contribution >= 0.6 is 11.8 Å². The summed E-state index contributed by atoms with van der Waals surface area (Å²) in [5.74, 6) is 0. The molecule has 2 fully saturated rings. The standard InChI is InChI=1S/C12H22O10S/c13-1-3-5(15)7(17)9(19)11(21-3)22-12-10(20)8(18)6(16)4(2-14)23-12/h3-20H,1-2H2/t3?,4?,5-,6-,7-,8+,9?,10?,11-,12+/m1/s1. The molecular weight excluding hydrogens is 336 g/mol. The zero-order valence-corrected chi connectivity index (χ0v) is 12.8. The summed E-state index contributed by atoms with van der Waals surface area (Å²) in [6, 6.07) is 0. The fourth-order valence-electron chi connectivity index (χ4n) is 2.49. The molecule has 0 aromatic carbocycles. The van der Waals surface area contributed by atoms with Crippen LogP contribution in [0.2, 0.25) is 0 Å². The third kappa shape index (κ3) is 3.80. The summed E-state index contributed by atoms with van der Waals surface area (Å²) in [5.41, 5.74) is -1.17. The third-order valence-corrected chi connectivity index (χ3v) is 5.40. The molecule has 10 atom stereocenters. The smallest absolute Gasteiger partial charge is 0.188 e.